The molecule has 2 amide bonds. The number of hydrogen-bond donors (Lipinski definition) is 2. The number of hydrogen-bond acceptors (Lipinski definition) is 7. The molecule has 37 heavy (non-hydrogen) atoms. The molecule has 0 aliphatic carbocycles. The van der Waals surface area contributed by atoms with Gasteiger partial charge in [0, 0.05) is 6.42 Å². The number of ether oxygens (including phenoxy) is 2. The van der Waals surface area contributed by atoms with Crippen molar-refractivity contribution < 1.29 is 23.9 Å². The molecule has 4 rings (SSSR count). The molecule has 0 bridgehead atoms. The molecule has 0 aliphatic heterocycles. The first-order valence-electron chi connectivity index (χ1n) is 11.7. The molecule has 0 saturated heterocycles. The molecule has 0 spiro atoms. The van der Waals surface area contributed by atoms with E-state index in [0.29, 0.717) is 11.9 Å². The van der Waals surface area contributed by atoms with Crippen LogP contribution >= 0.6 is 0 Å². The number of fused-ring (bicyclic) bond motifs is 1. The van der Waals surface area contributed by atoms with Crippen LogP contribution in [0.4, 0.5) is 4.79 Å². The van der Waals surface area contributed by atoms with Crippen LogP contribution in [0.3, 0.4) is 0 Å². The van der Waals surface area contributed by atoms with E-state index in [0.717, 1.165) is 16.6 Å². The van der Waals surface area contributed by atoms with E-state index in [4.69, 9.17) is 9.47 Å². The molecule has 2 N–H and O–H groups in total. The molecule has 2 unspecified atom stereocenters. The van der Waals surface area contributed by atoms with Gasteiger partial charge in [0.1, 0.15) is 24.3 Å². The van der Waals surface area contributed by atoms with Gasteiger partial charge in [-0.15, -0.1) is 5.10 Å². The van der Waals surface area contributed by atoms with Gasteiger partial charge in [0.15, 0.2) is 0 Å². The van der Waals surface area contributed by atoms with Gasteiger partial charge < -0.3 is 20.1 Å². The number of carbonyl (C=O) groups is 3. The van der Waals surface area contributed by atoms with Gasteiger partial charge in [-0.1, -0.05) is 78.0 Å². The van der Waals surface area contributed by atoms with E-state index in [2.05, 4.69) is 20.9 Å². The van der Waals surface area contributed by atoms with Crippen LogP contribution in [0.2, 0.25) is 0 Å². The maximum absolute atomic E-state index is 13.4. The summed E-state index contributed by atoms with van der Waals surface area (Å²) in [6.45, 7) is 0.0147. The van der Waals surface area contributed by atoms with Crippen molar-refractivity contribution in [1.29, 1.82) is 0 Å². The van der Waals surface area contributed by atoms with Crippen molar-refractivity contribution in [3.63, 3.8) is 0 Å². The van der Waals surface area contributed by atoms with Crippen LogP contribution in [0, 0.1) is 0 Å². The van der Waals surface area contributed by atoms with E-state index in [9.17, 15) is 14.4 Å². The molecule has 190 valence electrons. The molecule has 0 radical (unpaired) electrons. The Balaban J connectivity index is 1.53. The summed E-state index contributed by atoms with van der Waals surface area (Å²) >= 11 is 0. The first-order chi connectivity index (χ1) is 18.0. The van der Waals surface area contributed by atoms with Crippen molar-refractivity contribution in [3.05, 3.63) is 96.1 Å². The quantitative estimate of drug-likeness (QED) is 0.320. The van der Waals surface area contributed by atoms with Gasteiger partial charge in [-0.05, 0) is 23.3 Å². The largest absolute Gasteiger partial charge is 0.469 e. The Morgan fingerprint density at radius 2 is 1.51 bits per heavy atom. The molecule has 3 aromatic carbocycles. The van der Waals surface area contributed by atoms with E-state index in [1.54, 1.807) is 4.68 Å². The molecule has 1 aromatic heterocycles. The van der Waals surface area contributed by atoms with Gasteiger partial charge >= 0.3 is 12.1 Å². The number of rotatable bonds is 10. The molecule has 0 aliphatic rings. The summed E-state index contributed by atoms with van der Waals surface area (Å²) in [5, 5.41) is 13.8. The lowest BCUT2D eigenvalue weighted by Crippen LogP contribution is -2.50. The first-order valence-corrected chi connectivity index (χ1v) is 11.7. The lowest BCUT2D eigenvalue weighted by atomic mass is 10.1. The van der Waals surface area contributed by atoms with Crippen molar-refractivity contribution in [2.24, 2.45) is 0 Å². The second-order valence-electron chi connectivity index (χ2n) is 8.28. The maximum atomic E-state index is 13.4. The summed E-state index contributed by atoms with van der Waals surface area (Å²) < 4.78 is 11.6. The number of methoxy groups -OCH3 is 1. The zero-order valence-corrected chi connectivity index (χ0v) is 20.2. The lowest BCUT2D eigenvalue weighted by Gasteiger charge is -2.23. The van der Waals surface area contributed by atoms with Crippen molar-refractivity contribution >= 4 is 29.0 Å². The van der Waals surface area contributed by atoms with Gasteiger partial charge in [0.05, 0.1) is 19.0 Å². The number of benzene rings is 3. The average molecular weight is 502 g/mol. The summed E-state index contributed by atoms with van der Waals surface area (Å²) in [4.78, 5) is 37.9. The highest BCUT2D eigenvalue weighted by molar-refractivity contribution is 5.89. The number of amides is 2. The van der Waals surface area contributed by atoms with Crippen molar-refractivity contribution in [1.82, 2.24) is 25.6 Å². The Kier molecular flexibility index (Phi) is 8.43. The predicted octanol–water partition coefficient (Wildman–Crippen LogP) is 3.15. The molecule has 1 heterocycles. The second kappa shape index (κ2) is 12.3. The van der Waals surface area contributed by atoms with Crippen molar-refractivity contribution in [3.8, 4) is 0 Å². The number of alkyl carbamates (subject to hydrolysis) is 1. The summed E-state index contributed by atoms with van der Waals surface area (Å²) in [5.74, 6) is -1.25. The Morgan fingerprint density at radius 3 is 2.22 bits per heavy atom. The fraction of sp³-hybridized carbons (Fsp3) is 0.222. The molecule has 4 aromatic rings. The van der Waals surface area contributed by atoms with Crippen LogP contribution in [0.5, 0.6) is 0 Å². The highest BCUT2D eigenvalue weighted by Crippen LogP contribution is 2.18. The molecule has 2 atom stereocenters. The minimum Gasteiger partial charge on any atom is -0.469 e. The average Bonchev–Trinajstić information content (AvgIpc) is 3.36. The second-order valence-corrected chi connectivity index (χ2v) is 8.28. The third-order valence-electron chi connectivity index (χ3n) is 5.67. The Labute approximate surface area is 213 Å². The van der Waals surface area contributed by atoms with Crippen LogP contribution in [0.1, 0.15) is 23.7 Å². The van der Waals surface area contributed by atoms with E-state index in [-0.39, 0.29) is 13.0 Å². The van der Waals surface area contributed by atoms with Crippen LogP contribution in [-0.4, -0.2) is 46.1 Å². The third kappa shape index (κ3) is 6.91. The zero-order valence-electron chi connectivity index (χ0n) is 20.2. The molecule has 0 fully saturated rings. The number of aromatic nitrogens is 3. The monoisotopic (exact) mass is 501 g/mol. The summed E-state index contributed by atoms with van der Waals surface area (Å²) in [5.41, 5.74) is 3.13. The first kappa shape index (κ1) is 25.4. The zero-order chi connectivity index (χ0) is 26.0. The van der Waals surface area contributed by atoms with Crippen molar-refractivity contribution in [2.75, 3.05) is 7.11 Å². The maximum Gasteiger partial charge on any atom is 0.408 e. The van der Waals surface area contributed by atoms with E-state index in [1.165, 1.54) is 7.11 Å². The molecule has 10 heteroatoms. The summed E-state index contributed by atoms with van der Waals surface area (Å²) in [6, 6.07) is 24.8. The highest BCUT2D eigenvalue weighted by Gasteiger charge is 2.28. The van der Waals surface area contributed by atoms with Gasteiger partial charge in [-0.2, -0.15) is 0 Å². The van der Waals surface area contributed by atoms with Gasteiger partial charge in [0.2, 0.25) is 5.91 Å². The predicted molar refractivity (Wildman–Crippen MR) is 135 cm³/mol. The SMILES string of the molecule is COC(=O)CC(NC(=O)OCc1ccccc1)C(=O)NC(Cc1ccccc1)n1nnc2ccccc21. The molecule has 0 saturated carbocycles. The fourth-order valence-electron chi connectivity index (χ4n) is 3.78. The minimum absolute atomic E-state index is 0.0147. The fourth-order valence-corrected chi connectivity index (χ4v) is 3.78. The molecular weight excluding hydrogens is 474 g/mol. The van der Waals surface area contributed by atoms with Gasteiger partial charge in [-0.25, -0.2) is 9.48 Å². The van der Waals surface area contributed by atoms with Gasteiger partial charge in [0.25, 0.3) is 0 Å². The van der Waals surface area contributed by atoms with E-state index >= 15 is 0 Å². The van der Waals surface area contributed by atoms with Crippen LogP contribution in [-0.2, 0) is 32.1 Å². The molecular formula is C27H27N5O5. The topological polar surface area (TPSA) is 124 Å². The van der Waals surface area contributed by atoms with Crippen LogP contribution < -0.4 is 10.6 Å². The minimum atomic E-state index is -1.23. The van der Waals surface area contributed by atoms with E-state index in [1.807, 2.05) is 84.9 Å². The Bertz CT molecular complexity index is 1340. The Hall–Kier alpha value is -4.73. The number of nitrogens with one attached hydrogen (secondary N) is 2. The summed E-state index contributed by atoms with van der Waals surface area (Å²) in [6.07, 6.45) is -1.47. The van der Waals surface area contributed by atoms with Crippen molar-refractivity contribution in [2.45, 2.75) is 31.7 Å². The number of nitrogens with zero attached hydrogens (tertiary/aromatic N) is 3. The van der Waals surface area contributed by atoms with Crippen LogP contribution in [0.15, 0.2) is 84.9 Å². The van der Waals surface area contributed by atoms with E-state index < -0.39 is 30.2 Å². The number of esters is 1. The standard InChI is InChI=1S/C27H27N5O5/c1-36-25(33)17-22(28-27(35)37-18-20-12-6-3-7-13-20)26(34)29-24(16-19-10-4-2-5-11-19)32-23-15-9-8-14-21(23)30-31-32/h2-15,22,24H,16-18H2,1H3,(H,28,35)(H,29,34). The highest BCUT2D eigenvalue weighted by atomic mass is 16.5. The third-order valence-corrected chi connectivity index (χ3v) is 5.67. The number of carbonyl (C=O) groups excluding carboxylic acids is 3. The van der Waals surface area contributed by atoms with Gasteiger partial charge in [-0.3, -0.25) is 9.59 Å². The number of para-hydroxylation sites is 1. The smallest absolute Gasteiger partial charge is 0.408 e. The normalized spacial score (nSPS) is 12.4. The molecule has 10 nitrogen and oxygen atoms in total. The summed E-state index contributed by atoms with van der Waals surface area (Å²) in [7, 11) is 1.21. The van der Waals surface area contributed by atoms with Crippen LogP contribution in [0.25, 0.3) is 11.0 Å². The lowest BCUT2D eigenvalue weighted by molar-refractivity contribution is -0.143. The Morgan fingerprint density at radius 1 is 0.865 bits per heavy atom.